The van der Waals surface area contributed by atoms with E-state index >= 15 is 0 Å². The van der Waals surface area contributed by atoms with Crippen LogP contribution in [0.4, 0.5) is 13.2 Å². The molecule has 0 unspecified atom stereocenters. The van der Waals surface area contributed by atoms with Crippen LogP contribution in [0.5, 0.6) is 5.75 Å². The lowest BCUT2D eigenvalue weighted by Gasteiger charge is -2.16. The maximum atomic E-state index is 13.2. The number of nitrogens with zero attached hydrogens (tertiary/aromatic N) is 1. The zero-order chi connectivity index (χ0) is 17.5. The second-order valence-electron chi connectivity index (χ2n) is 5.46. The standard InChI is InChI=1S/C16H21F3N2O2/c1-4-7-23-15-6-5-12(9-13(15)16(17,18)19)14(8-11(2)3)21-20-10-22/h5-6,9-11H,4,7-8H2,1-3H3,(H,20,22)/b21-14+. The van der Waals surface area contributed by atoms with Crippen molar-refractivity contribution in [2.45, 2.75) is 39.8 Å². The van der Waals surface area contributed by atoms with Gasteiger partial charge in [0.15, 0.2) is 0 Å². The van der Waals surface area contributed by atoms with E-state index in [1.807, 2.05) is 20.8 Å². The third-order valence-electron chi connectivity index (χ3n) is 2.93. The Bertz CT molecular complexity index is 555. The van der Waals surface area contributed by atoms with Crippen molar-refractivity contribution < 1.29 is 22.7 Å². The molecule has 128 valence electrons. The number of carbonyl (C=O) groups excluding carboxylic acids is 1. The molecule has 1 amide bonds. The summed E-state index contributed by atoms with van der Waals surface area (Å²) < 4.78 is 44.9. The van der Waals surface area contributed by atoms with Gasteiger partial charge < -0.3 is 4.74 Å². The first-order valence-corrected chi connectivity index (χ1v) is 7.39. The minimum absolute atomic E-state index is 0.174. The molecule has 0 aliphatic carbocycles. The summed E-state index contributed by atoms with van der Waals surface area (Å²) in [6.07, 6.45) is -3.10. The summed E-state index contributed by atoms with van der Waals surface area (Å²) in [6, 6.07) is 3.83. The van der Waals surface area contributed by atoms with E-state index in [4.69, 9.17) is 4.74 Å². The molecule has 0 fully saturated rings. The SMILES string of the molecule is CCCOc1ccc(/C(CC(C)C)=N/NC=O)cc1C(F)(F)F. The fourth-order valence-electron chi connectivity index (χ4n) is 1.99. The van der Waals surface area contributed by atoms with Gasteiger partial charge in [0, 0.05) is 0 Å². The highest BCUT2D eigenvalue weighted by Gasteiger charge is 2.35. The molecule has 0 aromatic heterocycles. The predicted molar refractivity (Wildman–Crippen MR) is 82.4 cm³/mol. The average Bonchev–Trinajstić information content (AvgIpc) is 2.48. The normalized spacial score (nSPS) is 12.4. The van der Waals surface area contributed by atoms with E-state index in [2.05, 4.69) is 10.5 Å². The lowest BCUT2D eigenvalue weighted by Crippen LogP contribution is -2.15. The number of halogens is 3. The number of alkyl halides is 3. The topological polar surface area (TPSA) is 50.7 Å². The fourth-order valence-corrected chi connectivity index (χ4v) is 1.99. The Balaban J connectivity index is 3.27. The Morgan fingerprint density at radius 3 is 2.61 bits per heavy atom. The van der Waals surface area contributed by atoms with Crippen LogP contribution in [0.25, 0.3) is 0 Å². The van der Waals surface area contributed by atoms with Gasteiger partial charge in [0.2, 0.25) is 6.41 Å². The van der Waals surface area contributed by atoms with Gasteiger partial charge in [0.25, 0.3) is 0 Å². The molecule has 0 heterocycles. The molecule has 4 nitrogen and oxygen atoms in total. The third-order valence-corrected chi connectivity index (χ3v) is 2.93. The average molecular weight is 330 g/mol. The molecule has 0 atom stereocenters. The number of ether oxygens (including phenoxy) is 1. The number of amides is 1. The summed E-state index contributed by atoms with van der Waals surface area (Å²) in [5, 5.41) is 3.86. The van der Waals surface area contributed by atoms with Crippen molar-refractivity contribution in [2.75, 3.05) is 6.61 Å². The Morgan fingerprint density at radius 2 is 2.09 bits per heavy atom. The van der Waals surface area contributed by atoms with Crippen LogP contribution in [0, 0.1) is 5.92 Å². The largest absolute Gasteiger partial charge is 0.493 e. The minimum atomic E-state index is -4.53. The monoisotopic (exact) mass is 330 g/mol. The van der Waals surface area contributed by atoms with Crippen LogP contribution < -0.4 is 10.2 Å². The molecule has 0 saturated carbocycles. The number of nitrogens with one attached hydrogen (secondary N) is 1. The third kappa shape index (κ3) is 5.92. The van der Waals surface area contributed by atoms with Crippen LogP contribution in [0.1, 0.15) is 44.7 Å². The van der Waals surface area contributed by atoms with Crippen LogP contribution in [-0.4, -0.2) is 18.7 Å². The molecule has 0 bridgehead atoms. The predicted octanol–water partition coefficient (Wildman–Crippen LogP) is 3.99. The van der Waals surface area contributed by atoms with Crippen LogP contribution in [0.3, 0.4) is 0 Å². The molecule has 1 aromatic carbocycles. The molecule has 0 radical (unpaired) electrons. The number of carbonyl (C=O) groups is 1. The highest BCUT2D eigenvalue weighted by molar-refractivity contribution is 6.01. The van der Waals surface area contributed by atoms with E-state index in [1.54, 1.807) is 0 Å². The van der Waals surface area contributed by atoms with Gasteiger partial charge in [0.05, 0.1) is 17.9 Å². The van der Waals surface area contributed by atoms with Crippen LogP contribution in [0.15, 0.2) is 23.3 Å². The van der Waals surface area contributed by atoms with Crippen LogP contribution in [-0.2, 0) is 11.0 Å². The summed E-state index contributed by atoms with van der Waals surface area (Å²) in [4.78, 5) is 10.4. The molecule has 0 spiro atoms. The van der Waals surface area contributed by atoms with Gasteiger partial charge in [-0.1, -0.05) is 20.8 Å². The summed E-state index contributed by atoms with van der Waals surface area (Å²) in [6.45, 7) is 5.86. The van der Waals surface area contributed by atoms with Gasteiger partial charge >= 0.3 is 6.18 Å². The zero-order valence-electron chi connectivity index (χ0n) is 13.4. The van der Waals surface area contributed by atoms with Crippen molar-refractivity contribution in [1.29, 1.82) is 0 Å². The van der Waals surface area contributed by atoms with E-state index in [1.165, 1.54) is 12.1 Å². The zero-order valence-corrected chi connectivity index (χ0v) is 13.4. The highest BCUT2D eigenvalue weighted by Crippen LogP contribution is 2.37. The van der Waals surface area contributed by atoms with Crippen LogP contribution >= 0.6 is 0 Å². The molecule has 1 N–H and O–H groups in total. The first kappa shape index (κ1) is 19.0. The van der Waals surface area contributed by atoms with Crippen molar-refractivity contribution >= 4 is 12.1 Å². The Labute approximate surface area is 133 Å². The van der Waals surface area contributed by atoms with E-state index in [0.29, 0.717) is 30.5 Å². The maximum absolute atomic E-state index is 13.2. The maximum Gasteiger partial charge on any atom is 0.419 e. The lowest BCUT2D eigenvalue weighted by atomic mass is 9.98. The second-order valence-corrected chi connectivity index (χ2v) is 5.46. The summed E-state index contributed by atoms with van der Waals surface area (Å²) >= 11 is 0. The quantitative estimate of drug-likeness (QED) is 0.445. The summed E-state index contributed by atoms with van der Waals surface area (Å²) in [5.74, 6) is -0.0251. The smallest absolute Gasteiger partial charge is 0.419 e. The van der Waals surface area contributed by atoms with E-state index < -0.39 is 11.7 Å². The van der Waals surface area contributed by atoms with Crippen molar-refractivity contribution in [2.24, 2.45) is 11.0 Å². The first-order valence-electron chi connectivity index (χ1n) is 7.39. The van der Waals surface area contributed by atoms with Crippen molar-refractivity contribution in [3.8, 4) is 5.75 Å². The second kappa shape index (κ2) is 8.55. The van der Waals surface area contributed by atoms with Gasteiger partial charge in [-0.15, -0.1) is 0 Å². The molecular weight excluding hydrogens is 309 g/mol. The number of hydrogen-bond acceptors (Lipinski definition) is 3. The van der Waals surface area contributed by atoms with Crippen LogP contribution in [0.2, 0.25) is 0 Å². The number of hydrogen-bond donors (Lipinski definition) is 1. The van der Waals surface area contributed by atoms with Gasteiger partial charge in [0.1, 0.15) is 5.75 Å². The molecule has 0 saturated heterocycles. The molecule has 1 aromatic rings. The highest BCUT2D eigenvalue weighted by atomic mass is 19.4. The fraction of sp³-hybridized carbons (Fsp3) is 0.500. The van der Waals surface area contributed by atoms with Gasteiger partial charge in [-0.3, -0.25) is 4.79 Å². The van der Waals surface area contributed by atoms with Crippen molar-refractivity contribution in [1.82, 2.24) is 5.43 Å². The summed E-state index contributed by atoms with van der Waals surface area (Å²) in [7, 11) is 0. The molecular formula is C16H21F3N2O2. The lowest BCUT2D eigenvalue weighted by molar-refractivity contribution is -0.139. The van der Waals surface area contributed by atoms with E-state index in [0.717, 1.165) is 6.07 Å². The molecule has 7 heteroatoms. The first-order chi connectivity index (χ1) is 10.8. The Hall–Kier alpha value is -2.05. The minimum Gasteiger partial charge on any atom is -0.493 e. The van der Waals surface area contributed by atoms with E-state index in [9.17, 15) is 18.0 Å². The molecule has 23 heavy (non-hydrogen) atoms. The Morgan fingerprint density at radius 1 is 1.39 bits per heavy atom. The summed E-state index contributed by atoms with van der Waals surface area (Å²) in [5.41, 5.74) is 2.01. The van der Waals surface area contributed by atoms with Gasteiger partial charge in [-0.2, -0.15) is 18.3 Å². The van der Waals surface area contributed by atoms with Crippen molar-refractivity contribution in [3.05, 3.63) is 29.3 Å². The van der Waals surface area contributed by atoms with E-state index in [-0.39, 0.29) is 18.3 Å². The van der Waals surface area contributed by atoms with Gasteiger partial charge in [-0.05, 0) is 42.5 Å². The van der Waals surface area contributed by atoms with Gasteiger partial charge in [-0.25, -0.2) is 5.43 Å². The molecule has 0 aliphatic heterocycles. The molecule has 0 aliphatic rings. The number of hydrazone groups is 1. The molecule has 1 rings (SSSR count). The van der Waals surface area contributed by atoms with Crippen molar-refractivity contribution in [3.63, 3.8) is 0 Å². The Kier molecular flexibility index (Phi) is 7.06. The number of rotatable bonds is 8. The number of benzene rings is 1.